The summed E-state index contributed by atoms with van der Waals surface area (Å²) < 4.78 is 12.8. The third-order valence-corrected chi connectivity index (χ3v) is 2.01. The molecule has 1 aromatic carbocycles. The van der Waals surface area contributed by atoms with Gasteiger partial charge in [0.15, 0.2) is 0 Å². The van der Waals surface area contributed by atoms with Crippen molar-refractivity contribution in [3.8, 4) is 0 Å². The maximum Gasteiger partial charge on any atom is 0.123 e. The van der Waals surface area contributed by atoms with Crippen molar-refractivity contribution in [1.82, 2.24) is 0 Å². The molecule has 0 heterocycles. The average Bonchev–Trinajstić information content (AvgIpc) is 2.07. The van der Waals surface area contributed by atoms with Gasteiger partial charge < -0.3 is 0 Å². The molecule has 0 unspecified atom stereocenters. The van der Waals surface area contributed by atoms with Gasteiger partial charge >= 0.3 is 0 Å². The van der Waals surface area contributed by atoms with Crippen molar-refractivity contribution in [3.63, 3.8) is 0 Å². The van der Waals surface area contributed by atoms with Gasteiger partial charge in [-0.3, -0.25) is 0 Å². The van der Waals surface area contributed by atoms with E-state index in [9.17, 15) is 4.39 Å². The third-order valence-electron chi connectivity index (χ3n) is 2.01. The quantitative estimate of drug-likeness (QED) is 0.644. The summed E-state index contributed by atoms with van der Waals surface area (Å²) in [6.07, 6.45) is 4.06. The van der Waals surface area contributed by atoms with Crippen LogP contribution in [-0.4, -0.2) is 0 Å². The van der Waals surface area contributed by atoms with Gasteiger partial charge in [-0.15, -0.1) is 0 Å². The lowest BCUT2D eigenvalue weighted by atomic mass is 10.0. The molecule has 0 bridgehead atoms. The fraction of sp³-hybridized carbons (Fsp3) is 0.364. The number of halogens is 1. The average molecular weight is 165 g/mol. The zero-order valence-electron chi connectivity index (χ0n) is 7.60. The molecule has 0 nitrogen and oxygen atoms in total. The van der Waals surface area contributed by atoms with Gasteiger partial charge in [-0.25, -0.2) is 4.39 Å². The van der Waals surface area contributed by atoms with E-state index in [0.717, 1.165) is 18.4 Å². The lowest BCUT2D eigenvalue weighted by Crippen LogP contribution is -1.90. The summed E-state index contributed by atoms with van der Waals surface area (Å²) in [5.74, 6) is -0.133. The van der Waals surface area contributed by atoms with Gasteiger partial charge in [0.1, 0.15) is 5.82 Å². The first-order valence-electron chi connectivity index (χ1n) is 4.27. The second-order valence-corrected chi connectivity index (χ2v) is 3.02. The van der Waals surface area contributed by atoms with E-state index in [1.54, 1.807) is 6.07 Å². The molecule has 0 aliphatic carbocycles. The molecule has 0 aromatic heterocycles. The highest BCUT2D eigenvalue weighted by Crippen LogP contribution is 2.12. The van der Waals surface area contributed by atoms with Crippen LogP contribution in [0.15, 0.2) is 18.2 Å². The van der Waals surface area contributed by atoms with E-state index >= 15 is 0 Å². The molecule has 0 aliphatic rings. The van der Waals surface area contributed by atoms with Gasteiger partial charge in [-0.1, -0.05) is 13.0 Å². The molecule has 1 aromatic rings. The first kappa shape index (κ1) is 9.24. The summed E-state index contributed by atoms with van der Waals surface area (Å²) in [6.45, 7) is 4.04. The molecule has 0 N–H and O–H groups in total. The molecule has 1 radical (unpaired) electrons. The van der Waals surface area contributed by atoms with Crippen molar-refractivity contribution < 1.29 is 4.39 Å². The number of hydrogen-bond acceptors (Lipinski definition) is 0. The molecule has 0 spiro atoms. The largest absolute Gasteiger partial charge is 0.207 e. The van der Waals surface area contributed by atoms with Crippen LogP contribution in [0.1, 0.15) is 24.5 Å². The molecule has 1 heteroatoms. The highest BCUT2D eigenvalue weighted by molar-refractivity contribution is 5.26. The van der Waals surface area contributed by atoms with E-state index in [4.69, 9.17) is 0 Å². The molecule has 0 atom stereocenters. The summed E-state index contributed by atoms with van der Waals surface area (Å²) in [6, 6.07) is 4.97. The van der Waals surface area contributed by atoms with Crippen LogP contribution in [-0.2, 0) is 6.42 Å². The maximum atomic E-state index is 12.8. The van der Waals surface area contributed by atoms with Gasteiger partial charge in [-0.2, -0.15) is 0 Å². The summed E-state index contributed by atoms with van der Waals surface area (Å²) in [5.41, 5.74) is 2.30. The molecule has 0 saturated heterocycles. The normalized spacial score (nSPS) is 10.2. The van der Waals surface area contributed by atoms with E-state index < -0.39 is 0 Å². The van der Waals surface area contributed by atoms with Crippen molar-refractivity contribution >= 4 is 0 Å². The molecule has 12 heavy (non-hydrogen) atoms. The van der Waals surface area contributed by atoms with Gasteiger partial charge in [0.2, 0.25) is 0 Å². The Morgan fingerprint density at radius 2 is 2.17 bits per heavy atom. The zero-order valence-corrected chi connectivity index (χ0v) is 7.60. The summed E-state index contributed by atoms with van der Waals surface area (Å²) in [4.78, 5) is 0. The van der Waals surface area contributed by atoms with Crippen molar-refractivity contribution in [3.05, 3.63) is 41.6 Å². The number of benzene rings is 1. The molecule has 0 amide bonds. The standard InChI is InChI=1S/C11H14F/c1-3-4-5-10-8-11(12)7-6-9(10)2/h3,6-8H,4-5H2,1-2H3. The first-order valence-corrected chi connectivity index (χ1v) is 4.27. The first-order chi connectivity index (χ1) is 5.74. The zero-order chi connectivity index (χ0) is 8.97. The minimum Gasteiger partial charge on any atom is -0.207 e. The Morgan fingerprint density at radius 1 is 1.42 bits per heavy atom. The second-order valence-electron chi connectivity index (χ2n) is 3.02. The van der Waals surface area contributed by atoms with E-state index in [1.165, 1.54) is 11.6 Å². The minimum atomic E-state index is -0.133. The SMILES string of the molecule is C[CH]CCc1cc(F)ccc1C. The Morgan fingerprint density at radius 3 is 2.83 bits per heavy atom. The van der Waals surface area contributed by atoms with E-state index in [2.05, 4.69) is 6.42 Å². The van der Waals surface area contributed by atoms with Gasteiger partial charge in [0, 0.05) is 0 Å². The molecule has 1 rings (SSSR count). The lowest BCUT2D eigenvalue weighted by Gasteiger charge is -2.03. The van der Waals surface area contributed by atoms with Crippen LogP contribution in [0.3, 0.4) is 0 Å². The van der Waals surface area contributed by atoms with Crippen molar-refractivity contribution in [2.45, 2.75) is 26.7 Å². The third kappa shape index (κ3) is 2.33. The molecule has 0 aliphatic heterocycles. The Hall–Kier alpha value is -0.850. The van der Waals surface area contributed by atoms with Crippen LogP contribution in [0.4, 0.5) is 4.39 Å². The van der Waals surface area contributed by atoms with Crippen LogP contribution in [0.25, 0.3) is 0 Å². The van der Waals surface area contributed by atoms with Crippen molar-refractivity contribution in [2.24, 2.45) is 0 Å². The van der Waals surface area contributed by atoms with Crippen molar-refractivity contribution in [1.29, 1.82) is 0 Å². The second kappa shape index (κ2) is 4.24. The molecular weight excluding hydrogens is 151 g/mol. The van der Waals surface area contributed by atoms with Crippen LogP contribution >= 0.6 is 0 Å². The van der Waals surface area contributed by atoms with Crippen molar-refractivity contribution in [2.75, 3.05) is 0 Å². The smallest absolute Gasteiger partial charge is 0.123 e. The Kier molecular flexibility index (Phi) is 3.27. The fourth-order valence-corrected chi connectivity index (χ4v) is 1.21. The fourth-order valence-electron chi connectivity index (χ4n) is 1.21. The predicted molar refractivity (Wildman–Crippen MR) is 49.4 cm³/mol. The van der Waals surface area contributed by atoms with E-state index in [0.29, 0.717) is 0 Å². The number of hydrogen-bond donors (Lipinski definition) is 0. The predicted octanol–water partition coefficient (Wildman–Crippen LogP) is 3.29. The summed E-state index contributed by atoms with van der Waals surface area (Å²) in [7, 11) is 0. The maximum absolute atomic E-state index is 12.8. The van der Waals surface area contributed by atoms with Gasteiger partial charge in [0.05, 0.1) is 0 Å². The van der Waals surface area contributed by atoms with Gasteiger partial charge in [0.25, 0.3) is 0 Å². The molecular formula is C11H14F. The number of rotatable bonds is 3. The summed E-state index contributed by atoms with van der Waals surface area (Å²) in [5, 5.41) is 0. The van der Waals surface area contributed by atoms with Crippen LogP contribution in [0, 0.1) is 19.2 Å². The number of aryl methyl sites for hydroxylation is 2. The Balaban J connectivity index is 2.75. The topological polar surface area (TPSA) is 0 Å². The van der Waals surface area contributed by atoms with Crippen LogP contribution in [0.2, 0.25) is 0 Å². The Bertz CT molecular complexity index is 253. The minimum absolute atomic E-state index is 0.133. The van der Waals surface area contributed by atoms with Crippen LogP contribution < -0.4 is 0 Å². The Labute approximate surface area is 73.4 Å². The highest BCUT2D eigenvalue weighted by atomic mass is 19.1. The summed E-state index contributed by atoms with van der Waals surface area (Å²) >= 11 is 0. The number of unbranched alkanes of at least 4 members (excludes halogenated alkanes) is 1. The molecule has 65 valence electrons. The molecule has 0 saturated carbocycles. The van der Waals surface area contributed by atoms with Crippen LogP contribution in [0.5, 0.6) is 0 Å². The van der Waals surface area contributed by atoms with Gasteiger partial charge in [-0.05, 0) is 49.4 Å². The van der Waals surface area contributed by atoms with E-state index in [-0.39, 0.29) is 5.82 Å². The molecule has 0 fully saturated rings. The highest BCUT2D eigenvalue weighted by Gasteiger charge is 1.98. The van der Waals surface area contributed by atoms with E-state index in [1.807, 2.05) is 19.9 Å². The monoisotopic (exact) mass is 165 g/mol. The lowest BCUT2D eigenvalue weighted by molar-refractivity contribution is 0.624.